The molecule has 0 spiro atoms. The topological polar surface area (TPSA) is 15.3 Å². The molecule has 3 rings (SSSR count). The van der Waals surface area contributed by atoms with Gasteiger partial charge in [-0.2, -0.15) is 0 Å². The molecule has 2 heteroatoms. The highest BCUT2D eigenvalue weighted by Gasteiger charge is 2.39. The molecule has 1 saturated carbocycles. The Kier molecular flexibility index (Phi) is 4.74. The third-order valence-electron chi connectivity index (χ3n) is 4.83. The molecule has 1 saturated heterocycles. The number of nitrogens with zero attached hydrogens (tertiary/aromatic N) is 1. The smallest absolute Gasteiger partial charge is 0.0145 e. The summed E-state index contributed by atoms with van der Waals surface area (Å²) in [6, 6.07) is 12.5. The van der Waals surface area contributed by atoms with Gasteiger partial charge in [0.05, 0.1) is 0 Å². The van der Waals surface area contributed by atoms with Gasteiger partial charge in [0.2, 0.25) is 0 Å². The predicted octanol–water partition coefficient (Wildman–Crippen LogP) is 3.40. The normalized spacial score (nSPS) is 30.9. The van der Waals surface area contributed by atoms with Gasteiger partial charge in [-0.05, 0) is 57.3 Å². The quantitative estimate of drug-likeness (QED) is 0.884. The van der Waals surface area contributed by atoms with Gasteiger partial charge in [0.1, 0.15) is 0 Å². The van der Waals surface area contributed by atoms with Gasteiger partial charge in [0, 0.05) is 18.0 Å². The Balaban J connectivity index is 1.46. The molecule has 2 fully saturated rings. The molecule has 1 aromatic rings. The monoisotopic (exact) mass is 272 g/mol. The molecule has 2 nitrogen and oxygen atoms in total. The molecule has 1 aliphatic carbocycles. The van der Waals surface area contributed by atoms with E-state index in [2.05, 4.69) is 47.5 Å². The Labute approximate surface area is 123 Å². The molecular formula is C18H28N2. The van der Waals surface area contributed by atoms with Crippen molar-refractivity contribution in [1.82, 2.24) is 10.2 Å². The molecule has 1 N–H and O–H groups in total. The molecular weight excluding hydrogens is 244 g/mol. The standard InChI is InChI=1S/C18H28N2/c1-2-11-20-12-6-9-16(10-13-20)19-18-14-17(18)15-7-4-3-5-8-15/h3-5,7-8,16-19H,2,6,9-14H2,1H3. The van der Waals surface area contributed by atoms with Gasteiger partial charge in [0.25, 0.3) is 0 Å². The minimum Gasteiger partial charge on any atom is -0.311 e. The molecule has 110 valence electrons. The highest BCUT2D eigenvalue weighted by atomic mass is 15.1. The fourth-order valence-corrected chi connectivity index (χ4v) is 3.61. The number of hydrogen-bond acceptors (Lipinski definition) is 2. The van der Waals surface area contributed by atoms with Crippen molar-refractivity contribution in [2.24, 2.45) is 0 Å². The van der Waals surface area contributed by atoms with Crippen molar-refractivity contribution in [1.29, 1.82) is 0 Å². The van der Waals surface area contributed by atoms with Crippen LogP contribution < -0.4 is 5.32 Å². The average Bonchev–Trinajstić information content (AvgIpc) is 3.26. The third kappa shape index (κ3) is 3.62. The molecule has 0 aromatic heterocycles. The van der Waals surface area contributed by atoms with Crippen LogP contribution in [0.4, 0.5) is 0 Å². The van der Waals surface area contributed by atoms with E-state index in [1.807, 2.05) is 0 Å². The molecule has 1 heterocycles. The van der Waals surface area contributed by atoms with Crippen LogP contribution in [0.5, 0.6) is 0 Å². The Morgan fingerprint density at radius 1 is 1.15 bits per heavy atom. The Morgan fingerprint density at radius 2 is 2.00 bits per heavy atom. The zero-order valence-corrected chi connectivity index (χ0v) is 12.7. The summed E-state index contributed by atoms with van der Waals surface area (Å²) >= 11 is 0. The van der Waals surface area contributed by atoms with Crippen LogP contribution in [0.25, 0.3) is 0 Å². The first-order chi connectivity index (χ1) is 9.86. The summed E-state index contributed by atoms with van der Waals surface area (Å²) in [4.78, 5) is 2.64. The van der Waals surface area contributed by atoms with Crippen LogP contribution in [-0.2, 0) is 0 Å². The van der Waals surface area contributed by atoms with Gasteiger partial charge in [0.15, 0.2) is 0 Å². The molecule has 3 unspecified atom stereocenters. The van der Waals surface area contributed by atoms with Crippen LogP contribution in [0.3, 0.4) is 0 Å². The summed E-state index contributed by atoms with van der Waals surface area (Å²) in [6.07, 6.45) is 6.67. The summed E-state index contributed by atoms with van der Waals surface area (Å²) < 4.78 is 0. The van der Waals surface area contributed by atoms with E-state index in [4.69, 9.17) is 0 Å². The largest absolute Gasteiger partial charge is 0.311 e. The van der Waals surface area contributed by atoms with Gasteiger partial charge < -0.3 is 10.2 Å². The van der Waals surface area contributed by atoms with Crippen molar-refractivity contribution in [2.75, 3.05) is 19.6 Å². The van der Waals surface area contributed by atoms with Crippen LogP contribution in [-0.4, -0.2) is 36.6 Å². The van der Waals surface area contributed by atoms with E-state index in [-0.39, 0.29) is 0 Å². The number of hydrogen-bond donors (Lipinski definition) is 1. The molecule has 1 aliphatic heterocycles. The van der Waals surface area contributed by atoms with Crippen molar-refractivity contribution in [2.45, 2.75) is 57.0 Å². The molecule has 0 amide bonds. The molecule has 0 bridgehead atoms. The SMILES string of the molecule is CCCN1CCCC(NC2CC2c2ccccc2)CC1. The lowest BCUT2D eigenvalue weighted by Gasteiger charge is -2.19. The van der Waals surface area contributed by atoms with E-state index in [1.165, 1.54) is 57.3 Å². The Morgan fingerprint density at radius 3 is 2.80 bits per heavy atom. The lowest BCUT2D eigenvalue weighted by Crippen LogP contribution is -2.33. The lowest BCUT2D eigenvalue weighted by molar-refractivity contribution is 0.282. The van der Waals surface area contributed by atoms with Gasteiger partial charge in [-0.15, -0.1) is 0 Å². The summed E-state index contributed by atoms with van der Waals surface area (Å²) in [5, 5.41) is 3.92. The summed E-state index contributed by atoms with van der Waals surface area (Å²) in [5.74, 6) is 0.770. The van der Waals surface area contributed by atoms with Crippen molar-refractivity contribution in [3.63, 3.8) is 0 Å². The summed E-state index contributed by atoms with van der Waals surface area (Å²) in [6.45, 7) is 6.16. The van der Waals surface area contributed by atoms with Crippen molar-refractivity contribution in [3.8, 4) is 0 Å². The molecule has 3 atom stereocenters. The van der Waals surface area contributed by atoms with E-state index >= 15 is 0 Å². The predicted molar refractivity (Wildman–Crippen MR) is 85.1 cm³/mol. The van der Waals surface area contributed by atoms with E-state index in [0.717, 1.165) is 18.0 Å². The van der Waals surface area contributed by atoms with Gasteiger partial charge >= 0.3 is 0 Å². The number of nitrogens with one attached hydrogen (secondary N) is 1. The van der Waals surface area contributed by atoms with Crippen LogP contribution >= 0.6 is 0 Å². The zero-order valence-electron chi connectivity index (χ0n) is 12.7. The minimum atomic E-state index is 0.736. The van der Waals surface area contributed by atoms with Gasteiger partial charge in [-0.3, -0.25) is 0 Å². The minimum absolute atomic E-state index is 0.736. The maximum absolute atomic E-state index is 3.92. The zero-order chi connectivity index (χ0) is 13.8. The highest BCUT2D eigenvalue weighted by molar-refractivity contribution is 5.27. The second-order valence-corrected chi connectivity index (χ2v) is 6.50. The Bertz CT molecular complexity index is 403. The van der Waals surface area contributed by atoms with E-state index < -0.39 is 0 Å². The van der Waals surface area contributed by atoms with Gasteiger partial charge in [-0.25, -0.2) is 0 Å². The van der Waals surface area contributed by atoms with Crippen LogP contribution in [0.1, 0.15) is 50.5 Å². The maximum atomic E-state index is 3.92. The molecule has 20 heavy (non-hydrogen) atoms. The molecule has 0 radical (unpaired) electrons. The second-order valence-electron chi connectivity index (χ2n) is 6.50. The number of rotatable bonds is 5. The van der Waals surface area contributed by atoms with E-state index in [1.54, 1.807) is 0 Å². The first-order valence-electron chi connectivity index (χ1n) is 8.40. The summed E-state index contributed by atoms with van der Waals surface area (Å²) in [7, 11) is 0. The Hall–Kier alpha value is -0.860. The van der Waals surface area contributed by atoms with Crippen molar-refractivity contribution in [3.05, 3.63) is 35.9 Å². The number of likely N-dealkylation sites (tertiary alicyclic amines) is 1. The third-order valence-corrected chi connectivity index (χ3v) is 4.83. The maximum Gasteiger partial charge on any atom is 0.0145 e. The molecule has 1 aromatic carbocycles. The fourth-order valence-electron chi connectivity index (χ4n) is 3.61. The van der Waals surface area contributed by atoms with Crippen molar-refractivity contribution < 1.29 is 0 Å². The van der Waals surface area contributed by atoms with E-state index in [9.17, 15) is 0 Å². The number of benzene rings is 1. The van der Waals surface area contributed by atoms with E-state index in [0.29, 0.717) is 0 Å². The van der Waals surface area contributed by atoms with Gasteiger partial charge in [-0.1, -0.05) is 37.3 Å². The average molecular weight is 272 g/mol. The van der Waals surface area contributed by atoms with Crippen LogP contribution in [0.15, 0.2) is 30.3 Å². The van der Waals surface area contributed by atoms with Crippen molar-refractivity contribution >= 4 is 0 Å². The molecule has 2 aliphatic rings. The second kappa shape index (κ2) is 6.73. The lowest BCUT2D eigenvalue weighted by atomic mass is 10.1. The first-order valence-corrected chi connectivity index (χ1v) is 8.40. The summed E-state index contributed by atoms with van der Waals surface area (Å²) in [5.41, 5.74) is 1.52. The highest BCUT2D eigenvalue weighted by Crippen LogP contribution is 2.41. The van der Waals surface area contributed by atoms with Crippen LogP contribution in [0.2, 0.25) is 0 Å². The fraction of sp³-hybridized carbons (Fsp3) is 0.667. The first kappa shape index (κ1) is 14.1. The van der Waals surface area contributed by atoms with Crippen LogP contribution in [0, 0.1) is 0 Å².